The van der Waals surface area contributed by atoms with Crippen molar-refractivity contribution in [2.75, 3.05) is 19.6 Å². The average Bonchev–Trinajstić information content (AvgIpc) is 3.17. The van der Waals surface area contributed by atoms with Crippen LogP contribution < -0.4 is 27.8 Å². The van der Waals surface area contributed by atoms with Crippen LogP contribution in [0.25, 0.3) is 0 Å². The van der Waals surface area contributed by atoms with E-state index < -0.39 is 54.5 Å². The molecule has 0 saturated carbocycles. The van der Waals surface area contributed by atoms with Gasteiger partial charge in [-0.2, -0.15) is 0 Å². The minimum atomic E-state index is -1.20. The number of carbonyl (C=O) groups is 4. The highest BCUT2D eigenvalue weighted by Crippen LogP contribution is 2.19. The van der Waals surface area contributed by atoms with E-state index >= 15 is 0 Å². The van der Waals surface area contributed by atoms with E-state index in [1.165, 1.54) is 11.8 Å². The summed E-state index contributed by atoms with van der Waals surface area (Å²) >= 11 is 0. The molecule has 0 aromatic rings. The Morgan fingerprint density at radius 1 is 1.27 bits per heavy atom. The summed E-state index contributed by atoms with van der Waals surface area (Å²) in [5, 5.41) is 23.4. The van der Waals surface area contributed by atoms with Crippen LogP contribution in [0.15, 0.2) is 4.99 Å². The third kappa shape index (κ3) is 7.83. The number of nitrogens with two attached hydrogens (primary N) is 3. The third-order valence-electron chi connectivity index (χ3n) is 4.65. The second kappa shape index (κ2) is 11.9. The van der Waals surface area contributed by atoms with Crippen molar-refractivity contribution in [3.05, 3.63) is 0 Å². The molecule has 13 nitrogen and oxygen atoms in total. The Hall–Kier alpha value is -2.93. The summed E-state index contributed by atoms with van der Waals surface area (Å²) < 4.78 is 0. The van der Waals surface area contributed by atoms with E-state index in [9.17, 15) is 29.4 Å². The normalized spacial score (nSPS) is 18.8. The van der Waals surface area contributed by atoms with Gasteiger partial charge < -0.3 is 42.9 Å². The number of rotatable bonds is 11. The standard InChI is InChI=1S/C17H31N7O6/c1-9(25)13(18)14(27)22-8-12(26)23-10(4-2-6-21-17(19)20)15(28)24-7-3-5-11(24)16(29)30/h9-11,13,25H,2-8,18H2,1H3,(H,22,27)(H,23,26)(H,29,30)(H4,19,20,21). The molecule has 30 heavy (non-hydrogen) atoms. The van der Waals surface area contributed by atoms with Gasteiger partial charge in [0.1, 0.15) is 18.1 Å². The molecule has 4 atom stereocenters. The largest absolute Gasteiger partial charge is 0.480 e. The monoisotopic (exact) mass is 429 g/mol. The Morgan fingerprint density at radius 2 is 1.93 bits per heavy atom. The highest BCUT2D eigenvalue weighted by Gasteiger charge is 2.37. The summed E-state index contributed by atoms with van der Waals surface area (Å²) in [5.74, 6) is -3.12. The first-order chi connectivity index (χ1) is 14.0. The van der Waals surface area contributed by atoms with Gasteiger partial charge in [0.25, 0.3) is 0 Å². The predicted octanol–water partition coefficient (Wildman–Crippen LogP) is -3.58. The SMILES string of the molecule is CC(O)C(N)C(=O)NCC(=O)NC(CCCN=C(N)N)C(=O)N1CCCC1C(=O)O. The molecule has 1 heterocycles. The Kier molecular flexibility index (Phi) is 9.98. The molecule has 3 amide bonds. The van der Waals surface area contributed by atoms with Crippen LogP contribution >= 0.6 is 0 Å². The number of aliphatic imine (C=N–C) groups is 1. The molecule has 1 saturated heterocycles. The summed E-state index contributed by atoms with van der Waals surface area (Å²) in [6.07, 6.45) is 0.319. The zero-order valence-corrected chi connectivity index (χ0v) is 16.9. The molecule has 0 aromatic carbocycles. The van der Waals surface area contributed by atoms with E-state index in [-0.39, 0.29) is 25.5 Å². The number of likely N-dealkylation sites (tertiary alicyclic amines) is 1. The second-order valence-electron chi connectivity index (χ2n) is 7.08. The molecule has 1 rings (SSSR count). The average molecular weight is 429 g/mol. The van der Waals surface area contributed by atoms with Crippen molar-refractivity contribution in [1.29, 1.82) is 0 Å². The fourth-order valence-corrected chi connectivity index (χ4v) is 3.00. The van der Waals surface area contributed by atoms with Crippen molar-refractivity contribution >= 4 is 29.7 Å². The van der Waals surface area contributed by atoms with Crippen molar-refractivity contribution in [3.8, 4) is 0 Å². The van der Waals surface area contributed by atoms with Crippen LogP contribution in [0.5, 0.6) is 0 Å². The molecule has 10 N–H and O–H groups in total. The highest BCUT2D eigenvalue weighted by molar-refractivity contribution is 5.92. The second-order valence-corrected chi connectivity index (χ2v) is 7.08. The van der Waals surface area contributed by atoms with Gasteiger partial charge in [-0.15, -0.1) is 0 Å². The Bertz CT molecular complexity index is 665. The topological polar surface area (TPSA) is 226 Å². The van der Waals surface area contributed by atoms with Crippen LogP contribution in [0.4, 0.5) is 0 Å². The molecule has 0 radical (unpaired) electrons. The van der Waals surface area contributed by atoms with Crippen LogP contribution in [0.2, 0.25) is 0 Å². The van der Waals surface area contributed by atoms with Crippen LogP contribution in [-0.2, 0) is 19.2 Å². The lowest BCUT2D eigenvalue weighted by atomic mass is 10.1. The van der Waals surface area contributed by atoms with Crippen LogP contribution in [0.1, 0.15) is 32.6 Å². The van der Waals surface area contributed by atoms with Gasteiger partial charge in [-0.05, 0) is 32.6 Å². The first-order valence-electron chi connectivity index (χ1n) is 9.64. The number of aliphatic carboxylic acids is 1. The van der Waals surface area contributed by atoms with Gasteiger partial charge in [0.15, 0.2) is 5.96 Å². The number of carboxylic acids is 1. The van der Waals surface area contributed by atoms with E-state index in [2.05, 4.69) is 15.6 Å². The van der Waals surface area contributed by atoms with E-state index in [1.54, 1.807) is 0 Å². The van der Waals surface area contributed by atoms with Gasteiger partial charge in [0, 0.05) is 13.1 Å². The minimum Gasteiger partial charge on any atom is -0.480 e. The molecule has 0 aromatic heterocycles. The van der Waals surface area contributed by atoms with Gasteiger partial charge in [0.05, 0.1) is 12.6 Å². The minimum absolute atomic E-state index is 0.107. The summed E-state index contributed by atoms with van der Waals surface area (Å²) in [6.45, 7) is 1.38. The van der Waals surface area contributed by atoms with Crippen molar-refractivity contribution in [2.45, 2.75) is 56.8 Å². The smallest absolute Gasteiger partial charge is 0.326 e. The number of guanidine groups is 1. The van der Waals surface area contributed by atoms with Crippen molar-refractivity contribution in [2.24, 2.45) is 22.2 Å². The Labute approximate surface area is 174 Å². The Balaban J connectivity index is 2.76. The van der Waals surface area contributed by atoms with E-state index in [4.69, 9.17) is 17.2 Å². The van der Waals surface area contributed by atoms with Gasteiger partial charge in [-0.25, -0.2) is 4.79 Å². The highest BCUT2D eigenvalue weighted by atomic mass is 16.4. The van der Waals surface area contributed by atoms with Gasteiger partial charge >= 0.3 is 5.97 Å². The number of hydrogen-bond acceptors (Lipinski definition) is 7. The molecule has 0 bridgehead atoms. The number of nitrogens with zero attached hydrogens (tertiary/aromatic N) is 2. The van der Waals surface area contributed by atoms with E-state index in [0.29, 0.717) is 19.3 Å². The van der Waals surface area contributed by atoms with Crippen molar-refractivity contribution in [1.82, 2.24) is 15.5 Å². The lowest BCUT2D eigenvalue weighted by Gasteiger charge is -2.27. The zero-order chi connectivity index (χ0) is 22.8. The maximum atomic E-state index is 12.9. The van der Waals surface area contributed by atoms with Gasteiger partial charge in [-0.3, -0.25) is 19.4 Å². The number of aliphatic hydroxyl groups excluding tert-OH is 1. The van der Waals surface area contributed by atoms with Crippen LogP contribution in [-0.4, -0.2) is 88.6 Å². The number of amides is 3. The summed E-state index contributed by atoms with van der Waals surface area (Å²) in [5.41, 5.74) is 16.0. The Morgan fingerprint density at radius 3 is 2.50 bits per heavy atom. The van der Waals surface area contributed by atoms with Crippen LogP contribution in [0, 0.1) is 0 Å². The molecule has 4 unspecified atom stereocenters. The van der Waals surface area contributed by atoms with E-state index in [0.717, 1.165) is 0 Å². The first kappa shape index (κ1) is 25.1. The van der Waals surface area contributed by atoms with Crippen molar-refractivity contribution in [3.63, 3.8) is 0 Å². The van der Waals surface area contributed by atoms with Crippen LogP contribution in [0.3, 0.4) is 0 Å². The lowest BCUT2D eigenvalue weighted by Crippen LogP contribution is -2.54. The predicted molar refractivity (Wildman–Crippen MR) is 107 cm³/mol. The van der Waals surface area contributed by atoms with Gasteiger partial charge in [0.2, 0.25) is 17.7 Å². The molecule has 170 valence electrons. The number of carbonyl (C=O) groups excluding carboxylic acids is 3. The third-order valence-corrected chi connectivity index (χ3v) is 4.65. The van der Waals surface area contributed by atoms with Crippen molar-refractivity contribution < 1.29 is 29.4 Å². The molecular weight excluding hydrogens is 398 g/mol. The van der Waals surface area contributed by atoms with E-state index in [1.807, 2.05) is 0 Å². The van der Waals surface area contributed by atoms with Gasteiger partial charge in [-0.1, -0.05) is 0 Å². The summed E-state index contributed by atoms with van der Waals surface area (Å²) in [6, 6.07) is -3.15. The molecule has 13 heteroatoms. The number of hydrogen-bond donors (Lipinski definition) is 7. The summed E-state index contributed by atoms with van der Waals surface area (Å²) in [7, 11) is 0. The fourth-order valence-electron chi connectivity index (χ4n) is 3.00. The maximum absolute atomic E-state index is 12.9. The number of aliphatic hydroxyl groups is 1. The quantitative estimate of drug-likeness (QED) is 0.0977. The number of carboxylic acid groups (broad SMARTS) is 1. The molecule has 0 spiro atoms. The molecule has 1 aliphatic heterocycles. The molecule has 1 aliphatic rings. The summed E-state index contributed by atoms with van der Waals surface area (Å²) in [4.78, 5) is 53.3. The number of nitrogens with one attached hydrogen (secondary N) is 2. The molecular formula is C17H31N7O6. The zero-order valence-electron chi connectivity index (χ0n) is 16.9. The fraction of sp³-hybridized carbons (Fsp3) is 0.706. The lowest BCUT2D eigenvalue weighted by molar-refractivity contribution is -0.149. The maximum Gasteiger partial charge on any atom is 0.326 e. The molecule has 1 fully saturated rings. The molecule has 0 aliphatic carbocycles. The first-order valence-corrected chi connectivity index (χ1v) is 9.64.